The van der Waals surface area contributed by atoms with Crippen molar-refractivity contribution >= 4 is 0 Å². The van der Waals surface area contributed by atoms with Crippen molar-refractivity contribution in [2.75, 3.05) is 6.54 Å². The maximum atomic E-state index is 6.45. The van der Waals surface area contributed by atoms with Crippen LogP contribution in [-0.2, 0) is 0 Å². The van der Waals surface area contributed by atoms with Crippen molar-refractivity contribution in [2.24, 2.45) is 5.41 Å². The summed E-state index contributed by atoms with van der Waals surface area (Å²) >= 11 is 0. The quantitative estimate of drug-likeness (QED) is 0.853. The highest BCUT2D eigenvalue weighted by Gasteiger charge is 2.36. The third kappa shape index (κ3) is 4.23. The summed E-state index contributed by atoms with van der Waals surface area (Å²) in [5.41, 5.74) is 2.96. The maximum Gasteiger partial charge on any atom is 0.122 e. The first-order valence-corrected chi connectivity index (χ1v) is 8.39. The SMILES string of the molecule is CCCNC1CCC(C)(C)CC1Oc1cccc(C)c1C. The monoisotopic (exact) mass is 289 g/mol. The van der Waals surface area contributed by atoms with Gasteiger partial charge in [-0.1, -0.05) is 32.9 Å². The average Bonchev–Trinajstić information content (AvgIpc) is 2.42. The van der Waals surface area contributed by atoms with Gasteiger partial charge >= 0.3 is 0 Å². The van der Waals surface area contributed by atoms with Gasteiger partial charge in [0.15, 0.2) is 0 Å². The molecule has 0 bridgehead atoms. The molecule has 2 unspecified atom stereocenters. The summed E-state index contributed by atoms with van der Waals surface area (Å²) in [6.45, 7) is 12.3. The van der Waals surface area contributed by atoms with E-state index in [1.165, 1.54) is 30.4 Å². The van der Waals surface area contributed by atoms with Gasteiger partial charge in [-0.05, 0) is 68.7 Å². The van der Waals surface area contributed by atoms with Crippen LogP contribution in [0.15, 0.2) is 18.2 Å². The molecule has 1 N–H and O–H groups in total. The van der Waals surface area contributed by atoms with E-state index in [0.29, 0.717) is 11.5 Å². The van der Waals surface area contributed by atoms with E-state index in [1.807, 2.05) is 0 Å². The maximum absolute atomic E-state index is 6.45. The normalized spacial score (nSPS) is 24.8. The summed E-state index contributed by atoms with van der Waals surface area (Å²) in [6, 6.07) is 6.85. The van der Waals surface area contributed by atoms with Gasteiger partial charge in [0.05, 0.1) is 0 Å². The summed E-state index contributed by atoms with van der Waals surface area (Å²) in [4.78, 5) is 0. The highest BCUT2D eigenvalue weighted by Crippen LogP contribution is 2.37. The highest BCUT2D eigenvalue weighted by molar-refractivity contribution is 5.38. The topological polar surface area (TPSA) is 21.3 Å². The molecule has 1 saturated carbocycles. The number of hydrogen-bond donors (Lipinski definition) is 1. The van der Waals surface area contributed by atoms with Crippen LogP contribution in [0.2, 0.25) is 0 Å². The number of benzene rings is 1. The molecule has 0 radical (unpaired) electrons. The summed E-state index contributed by atoms with van der Waals surface area (Å²) in [6.07, 6.45) is 5.07. The van der Waals surface area contributed by atoms with Crippen LogP contribution in [-0.4, -0.2) is 18.7 Å². The molecule has 0 heterocycles. The third-order valence-electron chi connectivity index (χ3n) is 4.82. The van der Waals surface area contributed by atoms with Gasteiger partial charge in [-0.2, -0.15) is 0 Å². The van der Waals surface area contributed by atoms with Crippen LogP contribution in [0.25, 0.3) is 0 Å². The second kappa shape index (κ2) is 6.83. The van der Waals surface area contributed by atoms with E-state index in [0.717, 1.165) is 18.7 Å². The van der Waals surface area contributed by atoms with Crippen molar-refractivity contribution in [1.82, 2.24) is 5.32 Å². The van der Waals surface area contributed by atoms with Gasteiger partial charge in [0, 0.05) is 6.04 Å². The predicted molar refractivity (Wildman–Crippen MR) is 90.0 cm³/mol. The smallest absolute Gasteiger partial charge is 0.122 e. The fourth-order valence-electron chi connectivity index (χ4n) is 3.22. The molecule has 0 spiro atoms. The van der Waals surface area contributed by atoms with Crippen LogP contribution < -0.4 is 10.1 Å². The Kier molecular flexibility index (Phi) is 5.32. The van der Waals surface area contributed by atoms with E-state index < -0.39 is 0 Å². The van der Waals surface area contributed by atoms with E-state index in [-0.39, 0.29) is 6.10 Å². The van der Waals surface area contributed by atoms with Crippen LogP contribution in [0, 0.1) is 19.3 Å². The van der Waals surface area contributed by atoms with Crippen molar-refractivity contribution in [1.29, 1.82) is 0 Å². The second-order valence-corrected chi connectivity index (χ2v) is 7.32. The number of nitrogens with one attached hydrogen (secondary N) is 1. The molecular weight excluding hydrogens is 258 g/mol. The fourth-order valence-corrected chi connectivity index (χ4v) is 3.22. The zero-order valence-electron chi connectivity index (χ0n) is 14.3. The van der Waals surface area contributed by atoms with Gasteiger partial charge in [0.2, 0.25) is 0 Å². The summed E-state index contributed by atoms with van der Waals surface area (Å²) in [5, 5.41) is 3.69. The molecule has 2 heteroatoms. The van der Waals surface area contributed by atoms with E-state index in [4.69, 9.17) is 4.74 Å². The molecule has 2 rings (SSSR count). The minimum atomic E-state index is 0.279. The lowest BCUT2D eigenvalue weighted by Crippen LogP contribution is -2.49. The van der Waals surface area contributed by atoms with Crippen LogP contribution in [0.5, 0.6) is 5.75 Å². The molecule has 0 aliphatic heterocycles. The molecule has 1 aromatic rings. The number of ether oxygens (including phenoxy) is 1. The lowest BCUT2D eigenvalue weighted by atomic mass is 9.74. The van der Waals surface area contributed by atoms with Crippen molar-refractivity contribution in [3.63, 3.8) is 0 Å². The Morgan fingerprint density at radius 3 is 2.76 bits per heavy atom. The zero-order valence-corrected chi connectivity index (χ0v) is 14.3. The number of rotatable bonds is 5. The molecule has 118 valence electrons. The molecule has 0 amide bonds. The van der Waals surface area contributed by atoms with Gasteiger partial charge in [-0.15, -0.1) is 0 Å². The molecular formula is C19H31NO. The molecule has 2 atom stereocenters. The molecule has 2 nitrogen and oxygen atoms in total. The van der Waals surface area contributed by atoms with E-state index >= 15 is 0 Å². The highest BCUT2D eigenvalue weighted by atomic mass is 16.5. The van der Waals surface area contributed by atoms with E-state index in [9.17, 15) is 0 Å². The van der Waals surface area contributed by atoms with Crippen molar-refractivity contribution in [2.45, 2.75) is 72.4 Å². The van der Waals surface area contributed by atoms with Gasteiger partial charge in [-0.3, -0.25) is 0 Å². The van der Waals surface area contributed by atoms with Crippen LogP contribution >= 0.6 is 0 Å². The van der Waals surface area contributed by atoms with Crippen molar-refractivity contribution < 1.29 is 4.74 Å². The largest absolute Gasteiger partial charge is 0.489 e. The van der Waals surface area contributed by atoms with Gasteiger partial charge in [-0.25, -0.2) is 0 Å². The predicted octanol–water partition coefficient (Wildman–Crippen LogP) is 4.63. The third-order valence-corrected chi connectivity index (χ3v) is 4.82. The second-order valence-electron chi connectivity index (χ2n) is 7.32. The standard InChI is InChI=1S/C19H31NO/c1-6-12-20-16-10-11-19(4,5)13-18(16)21-17-9-7-8-14(2)15(17)3/h7-9,16,18,20H,6,10-13H2,1-5H3. The van der Waals surface area contributed by atoms with Gasteiger partial charge in [0.1, 0.15) is 11.9 Å². The van der Waals surface area contributed by atoms with Crippen molar-refractivity contribution in [3.05, 3.63) is 29.3 Å². The summed E-state index contributed by atoms with van der Waals surface area (Å²) < 4.78 is 6.45. The molecule has 1 aliphatic rings. The molecule has 21 heavy (non-hydrogen) atoms. The Morgan fingerprint density at radius 1 is 1.29 bits per heavy atom. The molecule has 0 saturated heterocycles. The number of hydrogen-bond acceptors (Lipinski definition) is 2. The molecule has 0 aromatic heterocycles. The Balaban J connectivity index is 2.13. The van der Waals surface area contributed by atoms with Crippen LogP contribution in [0.3, 0.4) is 0 Å². The van der Waals surface area contributed by atoms with Crippen LogP contribution in [0.1, 0.15) is 57.6 Å². The molecule has 1 fully saturated rings. The number of aryl methyl sites for hydroxylation is 1. The Hall–Kier alpha value is -1.02. The lowest BCUT2D eigenvalue weighted by molar-refractivity contribution is 0.0526. The van der Waals surface area contributed by atoms with Crippen molar-refractivity contribution in [3.8, 4) is 5.75 Å². The summed E-state index contributed by atoms with van der Waals surface area (Å²) in [5.74, 6) is 1.06. The first-order chi connectivity index (χ1) is 9.93. The average molecular weight is 289 g/mol. The molecule has 1 aromatic carbocycles. The minimum absolute atomic E-state index is 0.279. The van der Waals surface area contributed by atoms with Gasteiger partial charge in [0.25, 0.3) is 0 Å². The lowest BCUT2D eigenvalue weighted by Gasteiger charge is -2.41. The summed E-state index contributed by atoms with van der Waals surface area (Å²) in [7, 11) is 0. The van der Waals surface area contributed by atoms with E-state index in [2.05, 4.69) is 58.1 Å². The molecule has 1 aliphatic carbocycles. The fraction of sp³-hybridized carbons (Fsp3) is 0.684. The Labute approximate surface area is 130 Å². The zero-order chi connectivity index (χ0) is 15.5. The Morgan fingerprint density at radius 2 is 2.05 bits per heavy atom. The van der Waals surface area contributed by atoms with E-state index in [1.54, 1.807) is 0 Å². The van der Waals surface area contributed by atoms with Gasteiger partial charge < -0.3 is 10.1 Å². The minimum Gasteiger partial charge on any atom is -0.489 e. The Bertz CT molecular complexity index is 467. The first kappa shape index (κ1) is 16.4. The van der Waals surface area contributed by atoms with Crippen LogP contribution in [0.4, 0.5) is 0 Å². The first-order valence-electron chi connectivity index (χ1n) is 8.39.